The van der Waals surface area contributed by atoms with Gasteiger partial charge in [0.2, 0.25) is 5.91 Å². The van der Waals surface area contributed by atoms with Crippen LogP contribution in [0.1, 0.15) is 47.8 Å². The van der Waals surface area contributed by atoms with Gasteiger partial charge in [-0.3, -0.25) is 14.5 Å². The van der Waals surface area contributed by atoms with Crippen molar-refractivity contribution < 1.29 is 14.3 Å². The van der Waals surface area contributed by atoms with Gasteiger partial charge in [0.25, 0.3) is 5.91 Å². The van der Waals surface area contributed by atoms with Crippen LogP contribution >= 0.6 is 0 Å². The van der Waals surface area contributed by atoms with E-state index in [4.69, 9.17) is 21.2 Å². The zero-order chi connectivity index (χ0) is 29.6. The highest BCUT2D eigenvalue weighted by atomic mass is 16.5. The van der Waals surface area contributed by atoms with Gasteiger partial charge in [-0.2, -0.15) is 0 Å². The Morgan fingerprint density at radius 1 is 0.857 bits per heavy atom. The number of nitrogen functional groups attached to an aromatic ring is 1. The molecule has 212 valence electrons. The smallest absolute Gasteiger partial charge is 0.253 e. The Balaban J connectivity index is 1.64. The summed E-state index contributed by atoms with van der Waals surface area (Å²) in [5.41, 5.74) is 16.5. The Labute approximate surface area is 245 Å². The molecule has 0 unspecified atom stereocenters. The van der Waals surface area contributed by atoms with E-state index in [0.29, 0.717) is 28.7 Å². The van der Waals surface area contributed by atoms with E-state index >= 15 is 0 Å². The van der Waals surface area contributed by atoms with Gasteiger partial charge in [0, 0.05) is 16.6 Å². The Morgan fingerprint density at radius 3 is 2.14 bits per heavy atom. The Hall–Kier alpha value is -5.17. The van der Waals surface area contributed by atoms with Crippen molar-refractivity contribution in [1.82, 2.24) is 9.88 Å². The van der Waals surface area contributed by atoms with E-state index in [9.17, 15) is 9.59 Å². The molecule has 4 aromatic carbocycles. The summed E-state index contributed by atoms with van der Waals surface area (Å²) in [6.45, 7) is 3.84. The van der Waals surface area contributed by atoms with Gasteiger partial charge in [-0.05, 0) is 36.6 Å². The van der Waals surface area contributed by atoms with Gasteiger partial charge in [0.15, 0.2) is 12.0 Å². The van der Waals surface area contributed by atoms with Crippen molar-refractivity contribution in [2.75, 3.05) is 5.73 Å². The van der Waals surface area contributed by atoms with Gasteiger partial charge < -0.3 is 16.2 Å². The van der Waals surface area contributed by atoms with E-state index in [2.05, 4.69) is 0 Å². The van der Waals surface area contributed by atoms with E-state index in [0.717, 1.165) is 16.7 Å². The molecule has 7 heteroatoms. The molecule has 1 aromatic heterocycles. The Kier molecular flexibility index (Phi) is 8.48. The summed E-state index contributed by atoms with van der Waals surface area (Å²) in [6, 6.07) is 33.7. The third-order valence-electron chi connectivity index (χ3n) is 7.41. The SMILES string of the molecule is CC[C@@H](c1ccccc1)N(C(=O)Cc1ccccc1N)[C@H](C)Oc1c(-c2ccccc2)nc2ccccc2c1C(N)=O. The van der Waals surface area contributed by atoms with E-state index in [1.165, 1.54) is 0 Å². The Morgan fingerprint density at radius 2 is 1.48 bits per heavy atom. The molecule has 0 spiro atoms. The van der Waals surface area contributed by atoms with Crippen molar-refractivity contribution in [2.24, 2.45) is 5.73 Å². The number of carbonyl (C=O) groups excluding carboxylic acids is 2. The van der Waals surface area contributed by atoms with Crippen LogP contribution < -0.4 is 16.2 Å². The minimum Gasteiger partial charge on any atom is -0.468 e. The minimum atomic E-state index is -0.795. The molecule has 7 nitrogen and oxygen atoms in total. The fourth-order valence-electron chi connectivity index (χ4n) is 5.42. The largest absolute Gasteiger partial charge is 0.468 e. The molecule has 2 atom stereocenters. The van der Waals surface area contributed by atoms with Crippen LogP contribution in [-0.4, -0.2) is 27.9 Å². The van der Waals surface area contributed by atoms with Gasteiger partial charge in [-0.25, -0.2) is 4.98 Å². The van der Waals surface area contributed by atoms with Crippen molar-refractivity contribution in [1.29, 1.82) is 0 Å². The van der Waals surface area contributed by atoms with Crippen molar-refractivity contribution in [2.45, 2.75) is 39.0 Å². The summed E-state index contributed by atoms with van der Waals surface area (Å²) in [5.74, 6) is -0.565. The van der Waals surface area contributed by atoms with Gasteiger partial charge in [0.1, 0.15) is 5.69 Å². The lowest BCUT2D eigenvalue weighted by molar-refractivity contribution is -0.142. The summed E-state index contributed by atoms with van der Waals surface area (Å²) >= 11 is 0. The molecule has 0 saturated carbocycles. The molecular formula is C35H34N4O3. The molecule has 1 heterocycles. The molecule has 2 amide bonds. The normalized spacial score (nSPS) is 12.4. The fraction of sp³-hybridized carbons (Fsp3) is 0.171. The monoisotopic (exact) mass is 558 g/mol. The number of primary amides is 1. The molecule has 0 aliphatic rings. The summed E-state index contributed by atoms with van der Waals surface area (Å²) in [4.78, 5) is 33.8. The number of anilines is 1. The lowest BCUT2D eigenvalue weighted by atomic mass is 10.0. The number of fused-ring (bicyclic) bond motifs is 1. The highest BCUT2D eigenvalue weighted by Gasteiger charge is 2.32. The maximum absolute atomic E-state index is 14.1. The van der Waals surface area contributed by atoms with E-state index < -0.39 is 12.1 Å². The van der Waals surface area contributed by atoms with Crippen LogP contribution in [0, 0.1) is 0 Å². The molecular weight excluding hydrogens is 524 g/mol. The third-order valence-corrected chi connectivity index (χ3v) is 7.41. The second-order valence-corrected chi connectivity index (χ2v) is 10.1. The van der Waals surface area contributed by atoms with Crippen LogP contribution in [0.3, 0.4) is 0 Å². The van der Waals surface area contributed by atoms with Gasteiger partial charge in [-0.1, -0.05) is 104 Å². The number of aromatic nitrogens is 1. The average Bonchev–Trinajstić information content (AvgIpc) is 3.01. The van der Waals surface area contributed by atoms with Crippen molar-refractivity contribution in [3.05, 3.63) is 126 Å². The van der Waals surface area contributed by atoms with Crippen LogP contribution in [0.4, 0.5) is 5.69 Å². The van der Waals surface area contributed by atoms with Crippen molar-refractivity contribution >= 4 is 28.4 Å². The maximum Gasteiger partial charge on any atom is 0.253 e. The van der Waals surface area contributed by atoms with Crippen LogP contribution in [0.5, 0.6) is 5.75 Å². The summed E-state index contributed by atoms with van der Waals surface area (Å²) in [7, 11) is 0. The molecule has 0 aliphatic heterocycles. The molecule has 0 radical (unpaired) electrons. The molecule has 4 N–H and O–H groups in total. The van der Waals surface area contributed by atoms with Crippen molar-refractivity contribution in [3.63, 3.8) is 0 Å². The predicted octanol–water partition coefficient (Wildman–Crippen LogP) is 6.53. The molecule has 5 rings (SSSR count). The quantitative estimate of drug-likeness (QED) is 0.150. The van der Waals surface area contributed by atoms with E-state index in [-0.39, 0.29) is 29.7 Å². The van der Waals surface area contributed by atoms with Crippen LogP contribution in [-0.2, 0) is 11.2 Å². The summed E-state index contributed by atoms with van der Waals surface area (Å²) < 4.78 is 6.67. The number of nitrogens with zero attached hydrogens (tertiary/aromatic N) is 2. The van der Waals surface area contributed by atoms with E-state index in [1.807, 2.05) is 111 Å². The third kappa shape index (κ3) is 5.81. The highest BCUT2D eigenvalue weighted by molar-refractivity contribution is 6.09. The maximum atomic E-state index is 14.1. The van der Waals surface area contributed by atoms with Crippen LogP contribution in [0.2, 0.25) is 0 Å². The molecule has 0 saturated heterocycles. The van der Waals surface area contributed by atoms with Crippen LogP contribution in [0.15, 0.2) is 109 Å². The topological polar surface area (TPSA) is 112 Å². The number of hydrogen-bond donors (Lipinski definition) is 2. The number of pyridine rings is 1. The lowest BCUT2D eigenvalue weighted by Gasteiger charge is -2.37. The first-order valence-corrected chi connectivity index (χ1v) is 14.0. The number of hydrogen-bond acceptors (Lipinski definition) is 5. The van der Waals surface area contributed by atoms with Gasteiger partial charge in [0.05, 0.1) is 23.5 Å². The van der Waals surface area contributed by atoms with Gasteiger partial charge in [-0.15, -0.1) is 0 Å². The highest BCUT2D eigenvalue weighted by Crippen LogP contribution is 2.38. The molecule has 42 heavy (non-hydrogen) atoms. The number of carbonyl (C=O) groups is 2. The fourth-order valence-corrected chi connectivity index (χ4v) is 5.42. The first-order valence-electron chi connectivity index (χ1n) is 14.0. The second kappa shape index (κ2) is 12.6. The molecule has 5 aromatic rings. The number of ether oxygens (including phenoxy) is 1. The number of rotatable bonds is 10. The van der Waals surface area contributed by atoms with Gasteiger partial charge >= 0.3 is 0 Å². The molecule has 0 aliphatic carbocycles. The summed E-state index contributed by atoms with van der Waals surface area (Å²) in [5, 5.41) is 0.580. The zero-order valence-corrected chi connectivity index (χ0v) is 23.7. The second-order valence-electron chi connectivity index (χ2n) is 10.1. The first kappa shape index (κ1) is 28.4. The predicted molar refractivity (Wildman–Crippen MR) is 167 cm³/mol. The van der Waals surface area contributed by atoms with E-state index in [1.54, 1.807) is 17.0 Å². The zero-order valence-electron chi connectivity index (χ0n) is 23.7. The van der Waals surface area contributed by atoms with Crippen molar-refractivity contribution in [3.8, 4) is 17.0 Å². The Bertz CT molecular complexity index is 1710. The number of amides is 2. The summed E-state index contributed by atoms with van der Waals surface area (Å²) in [6.07, 6.45) is -0.0673. The molecule has 0 fully saturated rings. The molecule has 0 bridgehead atoms. The standard InChI is InChI=1S/C35H34N4O3/c1-3-30(24-14-6-4-7-15-24)39(31(40)22-26-18-10-12-20-28(26)36)23(2)42-34-32(35(37)41)27-19-11-13-21-29(27)38-33(34)25-16-8-5-9-17-25/h4-21,23,30H,3,22,36H2,1-2H3,(H2,37,41)/t23-,30-/m0/s1. The van der Waals surface area contributed by atoms with Crippen LogP contribution in [0.25, 0.3) is 22.2 Å². The number of para-hydroxylation sites is 2. The lowest BCUT2D eigenvalue weighted by Crippen LogP contribution is -2.45. The first-order chi connectivity index (χ1) is 20.4. The minimum absolute atomic E-state index is 0.0912. The average molecular weight is 559 g/mol. The number of benzene rings is 4. The number of nitrogens with two attached hydrogens (primary N) is 2.